The van der Waals surface area contributed by atoms with Gasteiger partial charge in [0, 0.05) is 26.1 Å². The maximum Gasteiger partial charge on any atom is 0.276 e. The van der Waals surface area contributed by atoms with Gasteiger partial charge in [-0.1, -0.05) is 13.3 Å². The van der Waals surface area contributed by atoms with E-state index in [-0.39, 0.29) is 17.5 Å². The zero-order chi connectivity index (χ0) is 13.8. The van der Waals surface area contributed by atoms with E-state index in [4.69, 9.17) is 5.73 Å². The van der Waals surface area contributed by atoms with E-state index in [1.54, 1.807) is 4.90 Å². The summed E-state index contributed by atoms with van der Waals surface area (Å²) in [4.78, 5) is 25.2. The molecule has 0 bridgehead atoms. The largest absolute Gasteiger partial charge is 0.395 e. The predicted molar refractivity (Wildman–Crippen MR) is 70.5 cm³/mol. The van der Waals surface area contributed by atoms with Crippen molar-refractivity contribution < 1.29 is 9.59 Å². The molecular formula is C12H19N5O2. The zero-order valence-electron chi connectivity index (χ0n) is 11.0. The first-order valence-corrected chi connectivity index (χ1v) is 6.52. The Morgan fingerprint density at radius 3 is 3.00 bits per heavy atom. The summed E-state index contributed by atoms with van der Waals surface area (Å²) in [6.07, 6.45) is 2.02. The number of carbonyl (C=O) groups is 2. The van der Waals surface area contributed by atoms with Crippen LogP contribution in [0.5, 0.6) is 0 Å². The number of hydrogen-bond acceptors (Lipinski definition) is 4. The average molecular weight is 265 g/mol. The van der Waals surface area contributed by atoms with Gasteiger partial charge in [-0.2, -0.15) is 5.10 Å². The molecule has 104 valence electrons. The van der Waals surface area contributed by atoms with Crippen molar-refractivity contribution in [2.45, 2.75) is 26.2 Å². The standard InChI is InChI=1S/C12H19N5O2/c1-2-3-8-10(13)11(16-15-8)12(19)17-6-4-9(18)14-5-7-17/h2-7,13H2,1H3,(H,14,18)(H,15,16). The lowest BCUT2D eigenvalue weighted by molar-refractivity contribution is -0.120. The summed E-state index contributed by atoms with van der Waals surface area (Å²) in [5, 5.41) is 9.56. The number of nitrogens with two attached hydrogens (primary N) is 1. The Bertz CT molecular complexity index is 482. The van der Waals surface area contributed by atoms with Crippen molar-refractivity contribution in [3.63, 3.8) is 0 Å². The molecule has 1 aliphatic heterocycles. The highest BCUT2D eigenvalue weighted by molar-refractivity contribution is 5.98. The SMILES string of the molecule is CCCc1[nH]nc(C(=O)N2CCNC(=O)CC2)c1N. The Balaban J connectivity index is 2.12. The number of nitrogens with zero attached hydrogens (tertiary/aromatic N) is 2. The van der Waals surface area contributed by atoms with Gasteiger partial charge >= 0.3 is 0 Å². The molecule has 0 atom stereocenters. The van der Waals surface area contributed by atoms with E-state index in [0.717, 1.165) is 18.5 Å². The number of amides is 2. The van der Waals surface area contributed by atoms with Gasteiger partial charge in [0.05, 0.1) is 11.4 Å². The molecule has 0 aliphatic carbocycles. The molecule has 2 rings (SSSR count). The summed E-state index contributed by atoms with van der Waals surface area (Å²) >= 11 is 0. The van der Waals surface area contributed by atoms with Crippen molar-refractivity contribution in [2.24, 2.45) is 0 Å². The summed E-state index contributed by atoms with van der Waals surface area (Å²) in [5.74, 6) is -0.246. The van der Waals surface area contributed by atoms with Gasteiger partial charge < -0.3 is 16.0 Å². The van der Waals surface area contributed by atoms with Gasteiger partial charge in [0.2, 0.25) is 5.91 Å². The first kappa shape index (κ1) is 13.4. The molecule has 0 radical (unpaired) electrons. The summed E-state index contributed by atoms with van der Waals surface area (Å²) < 4.78 is 0. The Kier molecular flexibility index (Phi) is 4.03. The van der Waals surface area contributed by atoms with Gasteiger partial charge in [0.1, 0.15) is 0 Å². The Labute approximate surface area is 111 Å². The monoisotopic (exact) mass is 265 g/mol. The number of nitrogen functional groups attached to an aromatic ring is 1. The second kappa shape index (κ2) is 5.73. The van der Waals surface area contributed by atoms with Crippen molar-refractivity contribution in [1.82, 2.24) is 20.4 Å². The third-order valence-corrected chi connectivity index (χ3v) is 3.19. The van der Waals surface area contributed by atoms with E-state index in [2.05, 4.69) is 15.5 Å². The summed E-state index contributed by atoms with van der Waals surface area (Å²) in [6.45, 7) is 3.39. The molecule has 1 aromatic rings. The number of H-pyrrole nitrogens is 1. The fourth-order valence-corrected chi connectivity index (χ4v) is 2.11. The minimum Gasteiger partial charge on any atom is -0.395 e. The molecule has 2 heterocycles. The molecule has 0 aromatic carbocycles. The van der Waals surface area contributed by atoms with Gasteiger partial charge in [-0.05, 0) is 6.42 Å². The van der Waals surface area contributed by atoms with Gasteiger partial charge in [-0.15, -0.1) is 0 Å². The molecule has 0 unspecified atom stereocenters. The van der Waals surface area contributed by atoms with Crippen molar-refractivity contribution in [1.29, 1.82) is 0 Å². The molecule has 19 heavy (non-hydrogen) atoms. The molecule has 7 heteroatoms. The second-order valence-electron chi connectivity index (χ2n) is 4.61. The number of rotatable bonds is 3. The highest BCUT2D eigenvalue weighted by Gasteiger charge is 2.24. The number of nitrogens with one attached hydrogen (secondary N) is 2. The fraction of sp³-hybridized carbons (Fsp3) is 0.583. The average Bonchev–Trinajstić information content (AvgIpc) is 2.61. The number of anilines is 1. The summed E-state index contributed by atoms with van der Waals surface area (Å²) in [7, 11) is 0. The number of aromatic amines is 1. The molecule has 0 spiro atoms. The lowest BCUT2D eigenvalue weighted by atomic mass is 10.2. The molecule has 0 saturated carbocycles. The van der Waals surface area contributed by atoms with Crippen LogP contribution in [-0.2, 0) is 11.2 Å². The lowest BCUT2D eigenvalue weighted by Crippen LogP contribution is -2.34. The van der Waals surface area contributed by atoms with Crippen LogP contribution in [0.1, 0.15) is 35.9 Å². The van der Waals surface area contributed by atoms with E-state index < -0.39 is 0 Å². The minimum atomic E-state index is -0.215. The number of carbonyl (C=O) groups excluding carboxylic acids is 2. The van der Waals surface area contributed by atoms with Crippen LogP contribution < -0.4 is 11.1 Å². The van der Waals surface area contributed by atoms with Crippen LogP contribution in [-0.4, -0.2) is 46.5 Å². The quantitative estimate of drug-likeness (QED) is 0.710. The van der Waals surface area contributed by atoms with Gasteiger partial charge in [0.15, 0.2) is 5.69 Å². The molecular weight excluding hydrogens is 246 g/mol. The van der Waals surface area contributed by atoms with Gasteiger partial charge in [0.25, 0.3) is 5.91 Å². The Morgan fingerprint density at radius 1 is 1.47 bits per heavy atom. The molecule has 1 aromatic heterocycles. The number of hydrogen-bond donors (Lipinski definition) is 3. The van der Waals surface area contributed by atoms with E-state index in [1.807, 2.05) is 6.92 Å². The van der Waals surface area contributed by atoms with Crippen LogP contribution in [0, 0.1) is 0 Å². The Morgan fingerprint density at radius 2 is 2.26 bits per heavy atom. The third kappa shape index (κ3) is 2.86. The van der Waals surface area contributed by atoms with Gasteiger partial charge in [-0.3, -0.25) is 14.7 Å². The molecule has 4 N–H and O–H groups in total. The van der Waals surface area contributed by atoms with E-state index in [9.17, 15) is 9.59 Å². The van der Waals surface area contributed by atoms with E-state index in [0.29, 0.717) is 31.7 Å². The molecule has 1 saturated heterocycles. The fourth-order valence-electron chi connectivity index (χ4n) is 2.11. The summed E-state index contributed by atoms with van der Waals surface area (Å²) in [5.41, 5.74) is 7.43. The van der Waals surface area contributed by atoms with Crippen LogP contribution in [0.25, 0.3) is 0 Å². The third-order valence-electron chi connectivity index (χ3n) is 3.19. The highest BCUT2D eigenvalue weighted by atomic mass is 16.2. The van der Waals surface area contributed by atoms with Crippen LogP contribution in [0.4, 0.5) is 5.69 Å². The van der Waals surface area contributed by atoms with E-state index >= 15 is 0 Å². The summed E-state index contributed by atoms with van der Waals surface area (Å²) in [6, 6.07) is 0. The topological polar surface area (TPSA) is 104 Å². The minimum absolute atomic E-state index is 0.0306. The van der Waals surface area contributed by atoms with Crippen LogP contribution in [0.3, 0.4) is 0 Å². The second-order valence-corrected chi connectivity index (χ2v) is 4.61. The number of aromatic nitrogens is 2. The van der Waals surface area contributed by atoms with Crippen LogP contribution >= 0.6 is 0 Å². The first-order chi connectivity index (χ1) is 9.13. The molecule has 2 amide bonds. The maximum absolute atomic E-state index is 12.3. The van der Waals surface area contributed by atoms with Crippen molar-refractivity contribution in [3.8, 4) is 0 Å². The normalized spacial score (nSPS) is 16.1. The van der Waals surface area contributed by atoms with Crippen molar-refractivity contribution >= 4 is 17.5 Å². The van der Waals surface area contributed by atoms with Crippen molar-refractivity contribution in [3.05, 3.63) is 11.4 Å². The van der Waals surface area contributed by atoms with Gasteiger partial charge in [-0.25, -0.2) is 0 Å². The lowest BCUT2D eigenvalue weighted by Gasteiger charge is -2.18. The molecule has 7 nitrogen and oxygen atoms in total. The maximum atomic E-state index is 12.3. The number of aryl methyl sites for hydroxylation is 1. The predicted octanol–water partition coefficient (Wildman–Crippen LogP) is -0.0935. The first-order valence-electron chi connectivity index (χ1n) is 6.52. The molecule has 1 fully saturated rings. The molecule has 1 aliphatic rings. The van der Waals surface area contributed by atoms with Crippen LogP contribution in [0.2, 0.25) is 0 Å². The smallest absolute Gasteiger partial charge is 0.276 e. The van der Waals surface area contributed by atoms with Crippen molar-refractivity contribution in [2.75, 3.05) is 25.4 Å². The highest BCUT2D eigenvalue weighted by Crippen LogP contribution is 2.17. The van der Waals surface area contributed by atoms with E-state index in [1.165, 1.54) is 0 Å². The van der Waals surface area contributed by atoms with Crippen LogP contribution in [0.15, 0.2) is 0 Å². The zero-order valence-corrected chi connectivity index (χ0v) is 11.0. The Hall–Kier alpha value is -2.05.